The molecular formula is C22H26N4O3. The zero-order valence-corrected chi connectivity index (χ0v) is 16.9. The zero-order valence-electron chi connectivity index (χ0n) is 16.9. The quantitative estimate of drug-likeness (QED) is 0.696. The van der Waals surface area contributed by atoms with Crippen molar-refractivity contribution in [3.63, 3.8) is 0 Å². The van der Waals surface area contributed by atoms with Crippen LogP contribution in [0.3, 0.4) is 0 Å². The van der Waals surface area contributed by atoms with Crippen molar-refractivity contribution in [3.8, 4) is 5.75 Å². The molecule has 29 heavy (non-hydrogen) atoms. The summed E-state index contributed by atoms with van der Waals surface area (Å²) in [6, 6.07) is 13.1. The van der Waals surface area contributed by atoms with E-state index < -0.39 is 0 Å². The van der Waals surface area contributed by atoms with Gasteiger partial charge in [-0.3, -0.25) is 9.69 Å². The summed E-state index contributed by atoms with van der Waals surface area (Å²) in [6.45, 7) is 7.16. The van der Waals surface area contributed by atoms with Gasteiger partial charge in [-0.05, 0) is 37.3 Å². The van der Waals surface area contributed by atoms with E-state index in [1.165, 1.54) is 0 Å². The number of methoxy groups -OCH3 is 1. The third kappa shape index (κ3) is 4.11. The molecule has 4 rings (SSSR count). The molecule has 7 heteroatoms. The summed E-state index contributed by atoms with van der Waals surface area (Å²) in [5.41, 5.74) is 3.17. The molecule has 0 atom stereocenters. The molecule has 3 aromatic rings. The summed E-state index contributed by atoms with van der Waals surface area (Å²) in [4.78, 5) is 19.9. The Labute approximate surface area is 170 Å². The first-order valence-corrected chi connectivity index (χ1v) is 9.93. The lowest BCUT2D eigenvalue weighted by Gasteiger charge is -2.26. The highest BCUT2D eigenvalue weighted by molar-refractivity contribution is 6.06. The molecule has 0 saturated carbocycles. The van der Waals surface area contributed by atoms with E-state index in [1.54, 1.807) is 19.2 Å². The standard InChI is InChI=1S/C22H26N4O3/c1-3-26-19-9-8-16(23-22(27)17-6-4-5-7-20(17)28-2)14-18(19)24-21(26)15-25-10-12-29-13-11-25/h4-9,14H,3,10-13,15H2,1-2H3,(H,23,27). The number of aryl methyl sites for hydroxylation is 1. The van der Waals surface area contributed by atoms with Crippen molar-refractivity contribution in [2.24, 2.45) is 0 Å². The number of ether oxygens (including phenoxy) is 2. The summed E-state index contributed by atoms with van der Waals surface area (Å²) < 4.78 is 13.0. The van der Waals surface area contributed by atoms with Crippen LogP contribution >= 0.6 is 0 Å². The van der Waals surface area contributed by atoms with Gasteiger partial charge in [0.2, 0.25) is 0 Å². The number of morpholine rings is 1. The summed E-state index contributed by atoms with van der Waals surface area (Å²) >= 11 is 0. The third-order valence-corrected chi connectivity index (χ3v) is 5.22. The maximum atomic E-state index is 12.7. The molecule has 0 radical (unpaired) electrons. The number of fused-ring (bicyclic) bond motifs is 1. The van der Waals surface area contributed by atoms with Crippen LogP contribution in [0, 0.1) is 0 Å². The Morgan fingerprint density at radius 2 is 2.00 bits per heavy atom. The monoisotopic (exact) mass is 394 g/mol. The molecule has 2 aromatic carbocycles. The number of carbonyl (C=O) groups excluding carboxylic acids is 1. The zero-order chi connectivity index (χ0) is 20.2. The van der Waals surface area contributed by atoms with Gasteiger partial charge >= 0.3 is 0 Å². The second-order valence-electron chi connectivity index (χ2n) is 7.02. The lowest BCUT2D eigenvalue weighted by Crippen LogP contribution is -2.36. The number of nitrogens with zero attached hydrogens (tertiary/aromatic N) is 3. The lowest BCUT2D eigenvalue weighted by molar-refractivity contribution is 0.0327. The molecule has 0 bridgehead atoms. The highest BCUT2D eigenvalue weighted by Crippen LogP contribution is 2.24. The van der Waals surface area contributed by atoms with E-state index in [1.807, 2.05) is 30.3 Å². The minimum atomic E-state index is -0.203. The molecule has 152 valence electrons. The summed E-state index contributed by atoms with van der Waals surface area (Å²) in [5.74, 6) is 1.39. The minimum Gasteiger partial charge on any atom is -0.496 e. The average Bonchev–Trinajstić information content (AvgIpc) is 3.10. The Kier molecular flexibility index (Phi) is 5.78. The number of carbonyl (C=O) groups is 1. The van der Waals surface area contributed by atoms with Gasteiger partial charge in [-0.2, -0.15) is 0 Å². The smallest absolute Gasteiger partial charge is 0.259 e. The van der Waals surface area contributed by atoms with Crippen LogP contribution < -0.4 is 10.1 Å². The van der Waals surface area contributed by atoms with Gasteiger partial charge in [-0.1, -0.05) is 12.1 Å². The topological polar surface area (TPSA) is 68.6 Å². The fraction of sp³-hybridized carbons (Fsp3) is 0.364. The highest BCUT2D eigenvalue weighted by Gasteiger charge is 2.17. The number of para-hydroxylation sites is 1. The number of anilines is 1. The first-order chi connectivity index (χ1) is 14.2. The Morgan fingerprint density at radius 3 is 2.76 bits per heavy atom. The Bertz CT molecular complexity index is 1010. The number of benzene rings is 2. The third-order valence-electron chi connectivity index (χ3n) is 5.22. The van der Waals surface area contributed by atoms with E-state index in [0.29, 0.717) is 17.0 Å². The number of rotatable bonds is 6. The predicted octanol–water partition coefficient (Wildman–Crippen LogP) is 3.15. The van der Waals surface area contributed by atoms with E-state index >= 15 is 0 Å². The largest absolute Gasteiger partial charge is 0.496 e. The van der Waals surface area contributed by atoms with Crippen molar-refractivity contribution < 1.29 is 14.3 Å². The number of hydrogen-bond donors (Lipinski definition) is 1. The lowest BCUT2D eigenvalue weighted by atomic mass is 10.2. The fourth-order valence-electron chi connectivity index (χ4n) is 3.72. The maximum Gasteiger partial charge on any atom is 0.259 e. The summed E-state index contributed by atoms with van der Waals surface area (Å²) in [6.07, 6.45) is 0. The van der Waals surface area contributed by atoms with Crippen molar-refractivity contribution in [2.75, 3.05) is 38.7 Å². The van der Waals surface area contributed by atoms with Crippen LogP contribution in [-0.2, 0) is 17.8 Å². The Balaban J connectivity index is 1.58. The molecule has 1 aliphatic rings. The molecule has 0 unspecified atom stereocenters. The second kappa shape index (κ2) is 8.63. The van der Waals surface area contributed by atoms with E-state index in [4.69, 9.17) is 14.5 Å². The van der Waals surface area contributed by atoms with Crippen LogP contribution in [0.25, 0.3) is 11.0 Å². The van der Waals surface area contributed by atoms with E-state index in [2.05, 4.69) is 21.7 Å². The number of imidazole rings is 1. The van der Waals surface area contributed by atoms with Crippen molar-refractivity contribution in [2.45, 2.75) is 20.0 Å². The molecule has 2 heterocycles. The van der Waals surface area contributed by atoms with Crippen LogP contribution in [0.4, 0.5) is 5.69 Å². The second-order valence-corrected chi connectivity index (χ2v) is 7.02. The molecule has 0 spiro atoms. The van der Waals surface area contributed by atoms with Gasteiger partial charge in [0.05, 0.1) is 43.5 Å². The van der Waals surface area contributed by atoms with Gasteiger partial charge in [0.1, 0.15) is 11.6 Å². The van der Waals surface area contributed by atoms with E-state index in [-0.39, 0.29) is 5.91 Å². The molecule has 0 aliphatic carbocycles. The van der Waals surface area contributed by atoms with Crippen LogP contribution in [0.15, 0.2) is 42.5 Å². The molecule has 1 amide bonds. The molecule has 1 aromatic heterocycles. The number of nitrogens with one attached hydrogen (secondary N) is 1. The van der Waals surface area contributed by atoms with E-state index in [0.717, 1.165) is 56.3 Å². The molecule has 1 fully saturated rings. The highest BCUT2D eigenvalue weighted by atomic mass is 16.5. The van der Waals surface area contributed by atoms with Crippen molar-refractivity contribution >= 4 is 22.6 Å². The van der Waals surface area contributed by atoms with Crippen molar-refractivity contribution in [3.05, 3.63) is 53.9 Å². The van der Waals surface area contributed by atoms with Crippen LogP contribution in [0.2, 0.25) is 0 Å². The Hall–Kier alpha value is -2.90. The SMILES string of the molecule is CCn1c(CN2CCOCC2)nc2cc(NC(=O)c3ccccc3OC)ccc21. The molecule has 1 saturated heterocycles. The van der Waals surface area contributed by atoms with Gasteiger partial charge in [0.25, 0.3) is 5.91 Å². The van der Waals surface area contributed by atoms with Gasteiger partial charge in [0, 0.05) is 25.3 Å². The van der Waals surface area contributed by atoms with Crippen LogP contribution in [-0.4, -0.2) is 53.8 Å². The number of amides is 1. The molecule has 1 aliphatic heterocycles. The summed E-state index contributed by atoms with van der Waals surface area (Å²) in [5, 5.41) is 2.96. The normalized spacial score (nSPS) is 14.8. The van der Waals surface area contributed by atoms with E-state index in [9.17, 15) is 4.79 Å². The van der Waals surface area contributed by atoms with Crippen molar-refractivity contribution in [1.82, 2.24) is 14.5 Å². The number of aromatic nitrogens is 2. The molecule has 1 N–H and O–H groups in total. The van der Waals surface area contributed by atoms with Gasteiger partial charge < -0.3 is 19.4 Å². The van der Waals surface area contributed by atoms with Crippen LogP contribution in [0.1, 0.15) is 23.1 Å². The van der Waals surface area contributed by atoms with Crippen molar-refractivity contribution in [1.29, 1.82) is 0 Å². The molecule has 7 nitrogen and oxygen atoms in total. The van der Waals surface area contributed by atoms with Gasteiger partial charge in [-0.15, -0.1) is 0 Å². The average molecular weight is 394 g/mol. The number of hydrogen-bond acceptors (Lipinski definition) is 5. The predicted molar refractivity (Wildman–Crippen MR) is 112 cm³/mol. The van der Waals surface area contributed by atoms with Gasteiger partial charge in [-0.25, -0.2) is 4.98 Å². The Morgan fingerprint density at radius 1 is 1.21 bits per heavy atom. The first-order valence-electron chi connectivity index (χ1n) is 9.93. The first kappa shape index (κ1) is 19.4. The fourth-order valence-corrected chi connectivity index (χ4v) is 3.72. The van der Waals surface area contributed by atoms with Crippen LogP contribution in [0.5, 0.6) is 5.75 Å². The maximum absolute atomic E-state index is 12.7. The van der Waals surface area contributed by atoms with Gasteiger partial charge in [0.15, 0.2) is 0 Å². The minimum absolute atomic E-state index is 0.203. The molecular weight excluding hydrogens is 368 g/mol. The summed E-state index contributed by atoms with van der Waals surface area (Å²) in [7, 11) is 1.56.